The Bertz CT molecular complexity index is 586. The van der Waals surface area contributed by atoms with Crippen LogP contribution in [0.5, 0.6) is 0 Å². The Labute approximate surface area is 142 Å². The Balaban J connectivity index is 1.83. The molecule has 2 fully saturated rings. The summed E-state index contributed by atoms with van der Waals surface area (Å²) in [6.07, 6.45) is 0. The molecule has 3 nitrogen and oxygen atoms in total. The van der Waals surface area contributed by atoms with Crippen molar-refractivity contribution in [1.29, 1.82) is 0 Å². The van der Waals surface area contributed by atoms with Crippen LogP contribution in [0.15, 0.2) is 30.3 Å². The fraction of sp³-hybridized carbons (Fsp3) is 0.611. The predicted molar refractivity (Wildman–Crippen MR) is 101 cm³/mol. The van der Waals surface area contributed by atoms with Gasteiger partial charge in [-0.05, 0) is 31.5 Å². The molecule has 2 saturated heterocycles. The van der Waals surface area contributed by atoms with Gasteiger partial charge in [-0.25, -0.2) is 0 Å². The summed E-state index contributed by atoms with van der Waals surface area (Å²) in [5, 5.41) is 0. The second kappa shape index (κ2) is 5.57. The van der Waals surface area contributed by atoms with Crippen molar-refractivity contribution >= 4 is 22.4 Å². The molecule has 0 aromatic heterocycles. The minimum Gasteiger partial charge on any atom is -0.333 e. The minimum absolute atomic E-state index is 0.145. The van der Waals surface area contributed by atoms with Crippen molar-refractivity contribution in [3.05, 3.63) is 35.9 Å². The van der Waals surface area contributed by atoms with E-state index in [1.165, 1.54) is 17.7 Å². The van der Waals surface area contributed by atoms with Gasteiger partial charge in [0.1, 0.15) is 16.5 Å². The lowest BCUT2D eigenvalue weighted by atomic mass is 9.92. The second-order valence-corrected chi connectivity index (χ2v) is 18.2. The van der Waals surface area contributed by atoms with E-state index in [4.69, 9.17) is 0 Å². The number of nitrogens with zero attached hydrogens (tertiary/aromatic N) is 2. The summed E-state index contributed by atoms with van der Waals surface area (Å²) in [4.78, 5) is 15.2. The van der Waals surface area contributed by atoms with E-state index in [1.54, 1.807) is 0 Å². The first-order chi connectivity index (χ1) is 10.7. The van der Waals surface area contributed by atoms with Crippen molar-refractivity contribution in [2.45, 2.75) is 70.2 Å². The Hall–Kier alpha value is -0.916. The molecule has 1 aromatic carbocycles. The molecule has 0 aliphatic carbocycles. The van der Waals surface area contributed by atoms with Crippen LogP contribution in [0.1, 0.15) is 25.5 Å². The van der Waals surface area contributed by atoms with Gasteiger partial charge in [0.15, 0.2) is 0 Å². The number of likely N-dealkylation sites (tertiary alicyclic amines) is 1. The maximum absolute atomic E-state index is 13.1. The highest BCUT2D eigenvalue weighted by atomic mass is 28.4. The van der Waals surface area contributed by atoms with Crippen LogP contribution in [0.3, 0.4) is 0 Å². The molecule has 2 aliphatic rings. The molecule has 0 unspecified atom stereocenters. The number of amides is 1. The lowest BCUT2D eigenvalue weighted by Crippen LogP contribution is -2.76. The van der Waals surface area contributed by atoms with Crippen molar-refractivity contribution < 1.29 is 4.79 Å². The van der Waals surface area contributed by atoms with Crippen LogP contribution in [0.4, 0.5) is 0 Å². The van der Waals surface area contributed by atoms with E-state index in [9.17, 15) is 4.79 Å². The maximum Gasteiger partial charge on any atom is 0.241 e. The molecule has 5 heteroatoms. The SMILES string of the molecule is C[C@H](c1ccccc1)N1C(=O)[C@H](N2[Si](C)(C)CC[Si]2(C)C)[C@@H]1C. The van der Waals surface area contributed by atoms with Crippen LogP contribution >= 0.6 is 0 Å². The molecule has 126 valence electrons. The van der Waals surface area contributed by atoms with Crippen molar-refractivity contribution in [2.24, 2.45) is 0 Å². The number of rotatable bonds is 3. The molecule has 2 heterocycles. The zero-order valence-electron chi connectivity index (χ0n) is 15.3. The first-order valence-electron chi connectivity index (χ1n) is 8.83. The zero-order chi connectivity index (χ0) is 17.0. The van der Waals surface area contributed by atoms with Gasteiger partial charge < -0.3 is 9.13 Å². The second-order valence-electron chi connectivity index (χ2n) is 8.51. The average Bonchev–Trinajstić information content (AvgIpc) is 2.71. The standard InChI is InChI=1S/C18H30N2OSi2/c1-14(16-10-8-7-9-11-16)19-15(2)17(18(19)21)20-22(3,4)12-13-23(20,5)6/h7-11,14-15,17H,12-13H2,1-6H3/t14-,15+,17-/m1/s1. The smallest absolute Gasteiger partial charge is 0.241 e. The molecule has 3 atom stereocenters. The lowest BCUT2D eigenvalue weighted by molar-refractivity contribution is -0.156. The van der Waals surface area contributed by atoms with Crippen molar-refractivity contribution in [1.82, 2.24) is 9.13 Å². The summed E-state index contributed by atoms with van der Waals surface area (Å²) in [6.45, 7) is 14.2. The van der Waals surface area contributed by atoms with E-state index in [1.807, 2.05) is 6.07 Å². The molecule has 1 aromatic rings. The van der Waals surface area contributed by atoms with Crippen LogP contribution in [-0.4, -0.2) is 43.6 Å². The number of β-lactam (4-membered cyclic amide) rings is 1. The molecule has 0 saturated carbocycles. The molecule has 3 rings (SSSR count). The lowest BCUT2D eigenvalue weighted by Gasteiger charge is -2.57. The predicted octanol–water partition coefficient (Wildman–Crippen LogP) is 4.07. The molecular weight excluding hydrogens is 316 g/mol. The highest BCUT2D eigenvalue weighted by Gasteiger charge is 2.59. The van der Waals surface area contributed by atoms with Gasteiger partial charge in [-0.2, -0.15) is 0 Å². The van der Waals surface area contributed by atoms with Gasteiger partial charge in [-0.1, -0.05) is 56.5 Å². The molecule has 1 amide bonds. The third-order valence-corrected chi connectivity index (χ3v) is 16.3. The molecular formula is C18H30N2OSi2. The molecule has 0 bridgehead atoms. The van der Waals surface area contributed by atoms with E-state index in [-0.39, 0.29) is 12.1 Å². The van der Waals surface area contributed by atoms with Crippen molar-refractivity contribution in [3.63, 3.8) is 0 Å². The molecule has 2 aliphatic heterocycles. The zero-order valence-corrected chi connectivity index (χ0v) is 17.3. The highest BCUT2D eigenvalue weighted by molar-refractivity contribution is 6.95. The van der Waals surface area contributed by atoms with Crippen LogP contribution in [0, 0.1) is 0 Å². The number of hydrogen-bond acceptors (Lipinski definition) is 2. The molecule has 23 heavy (non-hydrogen) atoms. The summed E-state index contributed by atoms with van der Waals surface area (Å²) in [7, 11) is -2.83. The Morgan fingerprint density at radius 2 is 1.57 bits per heavy atom. The van der Waals surface area contributed by atoms with Gasteiger partial charge in [0, 0.05) is 0 Å². The van der Waals surface area contributed by atoms with Crippen LogP contribution in [0.25, 0.3) is 0 Å². The number of carbonyl (C=O) groups is 1. The fourth-order valence-corrected chi connectivity index (χ4v) is 19.6. The van der Waals surface area contributed by atoms with Crippen LogP contribution in [-0.2, 0) is 4.79 Å². The third-order valence-electron chi connectivity index (χ3n) is 6.03. The van der Waals surface area contributed by atoms with Crippen LogP contribution < -0.4 is 0 Å². The van der Waals surface area contributed by atoms with E-state index in [2.05, 4.69) is 73.4 Å². The largest absolute Gasteiger partial charge is 0.333 e. The summed E-state index contributed by atoms with van der Waals surface area (Å²) in [6, 6.07) is 13.8. The summed E-state index contributed by atoms with van der Waals surface area (Å²) in [5.41, 5.74) is 1.24. The number of benzene rings is 1. The van der Waals surface area contributed by atoms with E-state index < -0.39 is 16.5 Å². The Morgan fingerprint density at radius 3 is 2.04 bits per heavy atom. The topological polar surface area (TPSA) is 23.6 Å². The quantitative estimate of drug-likeness (QED) is 0.608. The molecule has 0 N–H and O–H groups in total. The Kier molecular flexibility index (Phi) is 4.10. The van der Waals surface area contributed by atoms with Gasteiger partial charge in [-0.3, -0.25) is 4.79 Å². The van der Waals surface area contributed by atoms with Crippen molar-refractivity contribution in [3.8, 4) is 0 Å². The van der Waals surface area contributed by atoms with Gasteiger partial charge in [0.05, 0.1) is 18.1 Å². The van der Waals surface area contributed by atoms with Gasteiger partial charge in [-0.15, -0.1) is 0 Å². The fourth-order valence-electron chi connectivity index (χ4n) is 4.82. The average molecular weight is 347 g/mol. The van der Waals surface area contributed by atoms with Gasteiger partial charge >= 0.3 is 0 Å². The van der Waals surface area contributed by atoms with Crippen LogP contribution in [0.2, 0.25) is 38.3 Å². The Morgan fingerprint density at radius 1 is 1.04 bits per heavy atom. The third kappa shape index (κ3) is 2.63. The first-order valence-corrected chi connectivity index (χ1v) is 15.1. The van der Waals surface area contributed by atoms with E-state index in [0.29, 0.717) is 11.9 Å². The minimum atomic E-state index is -1.42. The summed E-state index contributed by atoms with van der Waals surface area (Å²) in [5.74, 6) is 0.358. The van der Waals surface area contributed by atoms with E-state index >= 15 is 0 Å². The first kappa shape index (κ1) is 16.9. The van der Waals surface area contributed by atoms with Crippen molar-refractivity contribution in [2.75, 3.05) is 0 Å². The number of carbonyl (C=O) groups excluding carboxylic acids is 1. The van der Waals surface area contributed by atoms with Gasteiger partial charge in [0.2, 0.25) is 5.91 Å². The molecule has 0 spiro atoms. The van der Waals surface area contributed by atoms with Gasteiger partial charge in [0.25, 0.3) is 0 Å². The highest BCUT2D eigenvalue weighted by Crippen LogP contribution is 2.44. The monoisotopic (exact) mass is 346 g/mol. The maximum atomic E-state index is 13.1. The number of hydrogen-bond donors (Lipinski definition) is 0. The normalized spacial score (nSPS) is 31.0. The summed E-state index contributed by atoms with van der Waals surface area (Å²) >= 11 is 0. The summed E-state index contributed by atoms with van der Waals surface area (Å²) < 4.78 is 2.77. The van der Waals surface area contributed by atoms with E-state index in [0.717, 1.165) is 0 Å². The molecule has 0 radical (unpaired) electrons.